The van der Waals surface area contributed by atoms with E-state index in [0.717, 1.165) is 11.3 Å². The first kappa shape index (κ1) is 21.0. The highest BCUT2D eigenvalue weighted by Crippen LogP contribution is 2.25. The molecule has 8 heteroatoms. The van der Waals surface area contributed by atoms with Crippen LogP contribution in [0, 0.1) is 12.7 Å². The van der Waals surface area contributed by atoms with E-state index in [2.05, 4.69) is 15.5 Å². The van der Waals surface area contributed by atoms with Crippen LogP contribution in [0.1, 0.15) is 5.56 Å². The number of carbonyl (C=O) groups excluding carboxylic acids is 1. The van der Waals surface area contributed by atoms with E-state index in [4.69, 9.17) is 14.0 Å². The number of hydrogen-bond acceptors (Lipinski definition) is 6. The van der Waals surface area contributed by atoms with Crippen LogP contribution in [0.2, 0.25) is 0 Å². The molecule has 1 heterocycles. The summed E-state index contributed by atoms with van der Waals surface area (Å²) in [7, 11) is 1.60. The summed E-state index contributed by atoms with van der Waals surface area (Å²) in [6.07, 6.45) is 0. The van der Waals surface area contributed by atoms with Gasteiger partial charge in [0.25, 0.3) is 11.8 Å². The lowest BCUT2D eigenvalue weighted by molar-refractivity contribution is -0.118. The van der Waals surface area contributed by atoms with Crippen molar-refractivity contribution in [2.45, 2.75) is 6.92 Å². The second-order valence-electron chi connectivity index (χ2n) is 6.93. The van der Waals surface area contributed by atoms with E-state index >= 15 is 0 Å². The third kappa shape index (κ3) is 4.75. The van der Waals surface area contributed by atoms with E-state index < -0.39 is 0 Å². The van der Waals surface area contributed by atoms with Gasteiger partial charge in [0, 0.05) is 22.4 Å². The van der Waals surface area contributed by atoms with E-state index in [-0.39, 0.29) is 18.3 Å². The molecule has 0 spiro atoms. The lowest BCUT2D eigenvalue weighted by atomic mass is 10.2. The van der Waals surface area contributed by atoms with Crippen LogP contribution < -0.4 is 14.8 Å². The van der Waals surface area contributed by atoms with Gasteiger partial charge < -0.3 is 19.3 Å². The van der Waals surface area contributed by atoms with Gasteiger partial charge in [-0.15, -0.1) is 0 Å². The summed E-state index contributed by atoms with van der Waals surface area (Å²) in [6.45, 7) is 1.39. The molecule has 0 unspecified atom stereocenters. The summed E-state index contributed by atoms with van der Waals surface area (Å²) in [4.78, 5) is 16.5. The molecule has 7 nitrogen and oxygen atoms in total. The number of anilines is 1. The number of amides is 1. The summed E-state index contributed by atoms with van der Waals surface area (Å²) >= 11 is 0. The Morgan fingerprint density at radius 2 is 1.69 bits per heavy atom. The predicted octanol–water partition coefficient (Wildman–Crippen LogP) is 4.88. The zero-order valence-corrected chi connectivity index (χ0v) is 17.5. The Labute approximate surface area is 183 Å². The number of rotatable bonds is 7. The summed E-state index contributed by atoms with van der Waals surface area (Å²) < 4.78 is 29.6. The van der Waals surface area contributed by atoms with E-state index in [1.807, 2.05) is 24.3 Å². The van der Waals surface area contributed by atoms with Crippen molar-refractivity contribution in [3.8, 4) is 34.3 Å². The molecule has 0 saturated heterocycles. The molecular formula is C24H20FN3O4. The fourth-order valence-electron chi connectivity index (χ4n) is 2.97. The van der Waals surface area contributed by atoms with Crippen LogP contribution in [-0.4, -0.2) is 29.8 Å². The molecule has 1 aromatic heterocycles. The van der Waals surface area contributed by atoms with E-state index in [1.165, 1.54) is 12.1 Å². The number of ether oxygens (including phenoxy) is 2. The first-order chi connectivity index (χ1) is 15.5. The molecule has 0 saturated carbocycles. The first-order valence-electron chi connectivity index (χ1n) is 9.80. The van der Waals surface area contributed by atoms with Crippen molar-refractivity contribution >= 4 is 11.6 Å². The van der Waals surface area contributed by atoms with Crippen LogP contribution >= 0.6 is 0 Å². The summed E-state index contributed by atoms with van der Waals surface area (Å²) in [5, 5.41) is 6.65. The molecule has 32 heavy (non-hydrogen) atoms. The number of aromatic nitrogens is 2. The quantitative estimate of drug-likeness (QED) is 0.447. The van der Waals surface area contributed by atoms with E-state index in [1.54, 1.807) is 44.4 Å². The number of halogens is 1. The Balaban J connectivity index is 1.36. The van der Waals surface area contributed by atoms with Crippen molar-refractivity contribution in [3.05, 3.63) is 78.1 Å². The third-order valence-electron chi connectivity index (χ3n) is 4.79. The Hall–Kier alpha value is -4.20. The van der Waals surface area contributed by atoms with Crippen LogP contribution in [-0.2, 0) is 4.79 Å². The van der Waals surface area contributed by atoms with Crippen LogP contribution in [0.15, 0.2) is 71.3 Å². The number of methoxy groups -OCH3 is 1. The van der Waals surface area contributed by atoms with Crippen molar-refractivity contribution < 1.29 is 23.2 Å². The molecule has 1 N–H and O–H groups in total. The standard InChI is InChI=1S/C24H20FN3O4/c1-15-20(25)4-3-5-21(15)26-22(29)14-31-19-12-8-17(9-13-19)24-27-23(28-32-24)16-6-10-18(30-2)11-7-16/h3-13H,14H2,1-2H3,(H,26,29). The van der Waals surface area contributed by atoms with Crippen molar-refractivity contribution in [2.75, 3.05) is 19.0 Å². The highest BCUT2D eigenvalue weighted by Gasteiger charge is 2.12. The maximum Gasteiger partial charge on any atom is 0.262 e. The molecular weight excluding hydrogens is 413 g/mol. The fourth-order valence-corrected chi connectivity index (χ4v) is 2.97. The summed E-state index contributed by atoms with van der Waals surface area (Å²) in [6, 6.07) is 18.8. The largest absolute Gasteiger partial charge is 0.497 e. The minimum absolute atomic E-state index is 0.211. The second kappa shape index (κ2) is 9.30. The molecule has 0 bridgehead atoms. The molecule has 4 rings (SSSR count). The summed E-state index contributed by atoms with van der Waals surface area (Å²) in [5.41, 5.74) is 2.31. The lowest BCUT2D eigenvalue weighted by Gasteiger charge is -2.10. The zero-order chi connectivity index (χ0) is 22.5. The maximum atomic E-state index is 13.6. The molecule has 0 aliphatic rings. The molecule has 1 amide bonds. The minimum Gasteiger partial charge on any atom is -0.497 e. The lowest BCUT2D eigenvalue weighted by Crippen LogP contribution is -2.20. The van der Waals surface area contributed by atoms with Crippen LogP contribution in [0.5, 0.6) is 11.5 Å². The second-order valence-corrected chi connectivity index (χ2v) is 6.93. The molecule has 0 aliphatic heterocycles. The van der Waals surface area contributed by atoms with Gasteiger partial charge in [-0.2, -0.15) is 4.98 Å². The van der Waals surface area contributed by atoms with Crippen molar-refractivity contribution in [2.24, 2.45) is 0 Å². The highest BCUT2D eigenvalue weighted by molar-refractivity contribution is 5.92. The molecule has 162 valence electrons. The highest BCUT2D eigenvalue weighted by atomic mass is 19.1. The third-order valence-corrected chi connectivity index (χ3v) is 4.79. The number of carbonyl (C=O) groups is 1. The van der Waals surface area contributed by atoms with Crippen molar-refractivity contribution in [1.82, 2.24) is 10.1 Å². The Morgan fingerprint density at radius 3 is 2.41 bits per heavy atom. The molecule has 0 fully saturated rings. The molecule has 0 aliphatic carbocycles. The minimum atomic E-state index is -0.385. The molecule has 3 aromatic carbocycles. The Kier molecular flexibility index (Phi) is 6.12. The van der Waals surface area contributed by atoms with Gasteiger partial charge in [-0.1, -0.05) is 11.2 Å². The maximum absolute atomic E-state index is 13.6. The van der Waals surface area contributed by atoms with Gasteiger partial charge in [0.15, 0.2) is 6.61 Å². The molecule has 4 aromatic rings. The SMILES string of the molecule is COc1ccc(-c2noc(-c3ccc(OCC(=O)Nc4cccc(F)c4C)cc3)n2)cc1. The Bertz CT molecular complexity index is 1220. The molecule has 0 radical (unpaired) electrons. The fraction of sp³-hybridized carbons (Fsp3) is 0.125. The number of nitrogens with zero attached hydrogens (tertiary/aromatic N) is 2. The number of benzene rings is 3. The topological polar surface area (TPSA) is 86.5 Å². The van der Waals surface area contributed by atoms with Gasteiger partial charge >= 0.3 is 0 Å². The number of hydrogen-bond donors (Lipinski definition) is 1. The van der Waals surface area contributed by atoms with Gasteiger partial charge in [0.05, 0.1) is 7.11 Å². The first-order valence-corrected chi connectivity index (χ1v) is 9.80. The average molecular weight is 433 g/mol. The zero-order valence-electron chi connectivity index (χ0n) is 17.5. The van der Waals surface area contributed by atoms with Crippen LogP contribution in [0.25, 0.3) is 22.8 Å². The molecule has 0 atom stereocenters. The number of nitrogens with one attached hydrogen (secondary N) is 1. The Morgan fingerprint density at radius 1 is 1.00 bits per heavy atom. The predicted molar refractivity (Wildman–Crippen MR) is 117 cm³/mol. The van der Waals surface area contributed by atoms with Crippen molar-refractivity contribution in [1.29, 1.82) is 0 Å². The van der Waals surface area contributed by atoms with Crippen LogP contribution in [0.3, 0.4) is 0 Å². The van der Waals surface area contributed by atoms with Gasteiger partial charge in [0.2, 0.25) is 5.82 Å². The van der Waals surface area contributed by atoms with Gasteiger partial charge in [-0.3, -0.25) is 4.79 Å². The smallest absolute Gasteiger partial charge is 0.262 e. The summed E-state index contributed by atoms with van der Waals surface area (Å²) in [5.74, 6) is 1.30. The van der Waals surface area contributed by atoms with E-state index in [9.17, 15) is 9.18 Å². The van der Waals surface area contributed by atoms with Gasteiger partial charge in [0.1, 0.15) is 17.3 Å². The normalized spacial score (nSPS) is 10.6. The monoisotopic (exact) mass is 433 g/mol. The van der Waals surface area contributed by atoms with Crippen molar-refractivity contribution in [3.63, 3.8) is 0 Å². The van der Waals surface area contributed by atoms with Crippen LogP contribution in [0.4, 0.5) is 10.1 Å². The van der Waals surface area contributed by atoms with Gasteiger partial charge in [-0.25, -0.2) is 4.39 Å². The average Bonchev–Trinajstić information content (AvgIpc) is 3.31. The van der Waals surface area contributed by atoms with E-state index in [0.29, 0.717) is 34.3 Å². The van der Waals surface area contributed by atoms with Gasteiger partial charge in [-0.05, 0) is 67.6 Å².